The van der Waals surface area contributed by atoms with E-state index in [0.29, 0.717) is 4.47 Å². The maximum absolute atomic E-state index is 12.5. The zero-order valence-corrected chi connectivity index (χ0v) is 6.02. The molecular formula is C5H4BrFN2. The van der Waals surface area contributed by atoms with Crippen molar-refractivity contribution in [2.24, 2.45) is 0 Å². The highest BCUT2D eigenvalue weighted by atomic mass is 79.9. The van der Waals surface area contributed by atoms with E-state index in [1.165, 1.54) is 12.3 Å². The number of nitrogens with two attached hydrogens (primary N) is 1. The number of nitrogen functional groups attached to an aromatic ring is 1. The molecule has 2 nitrogen and oxygen atoms in total. The van der Waals surface area contributed by atoms with E-state index < -0.39 is 5.82 Å². The summed E-state index contributed by atoms with van der Waals surface area (Å²) in [5.74, 6) is -0.582. The smallest absolute Gasteiger partial charge is 0.179 e. The van der Waals surface area contributed by atoms with Crippen molar-refractivity contribution in [2.75, 3.05) is 5.73 Å². The molecule has 0 aliphatic heterocycles. The van der Waals surface area contributed by atoms with Crippen molar-refractivity contribution in [3.05, 3.63) is 22.6 Å². The topological polar surface area (TPSA) is 38.9 Å². The molecule has 1 heterocycles. The fourth-order valence-electron chi connectivity index (χ4n) is 0.435. The maximum atomic E-state index is 12.5. The van der Waals surface area contributed by atoms with Gasteiger partial charge in [0.25, 0.3) is 0 Å². The molecule has 0 aliphatic carbocycles. The third-order valence-corrected chi connectivity index (χ3v) is 1.48. The van der Waals surface area contributed by atoms with Crippen LogP contribution in [0.15, 0.2) is 16.7 Å². The number of anilines is 1. The molecule has 0 atom stereocenters. The summed E-state index contributed by atoms with van der Waals surface area (Å²) in [5, 5.41) is 0. The van der Waals surface area contributed by atoms with Gasteiger partial charge >= 0.3 is 0 Å². The van der Waals surface area contributed by atoms with Gasteiger partial charge in [-0.15, -0.1) is 0 Å². The second kappa shape index (κ2) is 2.31. The number of pyridine rings is 1. The highest BCUT2D eigenvalue weighted by Gasteiger charge is 2.00. The average molecular weight is 191 g/mol. The van der Waals surface area contributed by atoms with E-state index in [1.807, 2.05) is 0 Å². The Balaban J connectivity index is 3.25. The predicted octanol–water partition coefficient (Wildman–Crippen LogP) is 1.57. The van der Waals surface area contributed by atoms with Crippen molar-refractivity contribution in [3.8, 4) is 0 Å². The summed E-state index contributed by atoms with van der Waals surface area (Å²) < 4.78 is 12.8. The van der Waals surface area contributed by atoms with Gasteiger partial charge in [-0.25, -0.2) is 9.37 Å². The molecule has 0 unspecified atom stereocenters. The van der Waals surface area contributed by atoms with Gasteiger partial charge in [0.1, 0.15) is 0 Å². The Morgan fingerprint density at radius 3 is 2.78 bits per heavy atom. The van der Waals surface area contributed by atoms with Crippen LogP contribution in [0.25, 0.3) is 0 Å². The van der Waals surface area contributed by atoms with Crippen LogP contribution in [0.2, 0.25) is 0 Å². The SMILES string of the molecule is Nc1nccc(Br)c1F. The molecule has 48 valence electrons. The van der Waals surface area contributed by atoms with Crippen LogP contribution in [0.3, 0.4) is 0 Å². The highest BCUT2D eigenvalue weighted by Crippen LogP contribution is 2.16. The second-order valence-corrected chi connectivity index (χ2v) is 2.35. The third kappa shape index (κ3) is 1.18. The first-order valence-corrected chi connectivity index (χ1v) is 3.06. The summed E-state index contributed by atoms with van der Waals surface area (Å²) in [5.41, 5.74) is 5.10. The molecule has 0 fully saturated rings. The van der Waals surface area contributed by atoms with E-state index in [1.54, 1.807) is 0 Å². The average Bonchev–Trinajstić information content (AvgIpc) is 1.83. The standard InChI is InChI=1S/C5H4BrFN2/c6-3-1-2-9-5(8)4(3)7/h1-2H,(H2,8,9). The van der Waals surface area contributed by atoms with Crippen LogP contribution in [0.1, 0.15) is 0 Å². The molecule has 0 saturated carbocycles. The summed E-state index contributed by atoms with van der Waals surface area (Å²) in [6.07, 6.45) is 1.43. The maximum Gasteiger partial charge on any atom is 0.179 e. The van der Waals surface area contributed by atoms with E-state index in [9.17, 15) is 4.39 Å². The zero-order valence-electron chi connectivity index (χ0n) is 4.44. The fraction of sp³-hybridized carbons (Fsp3) is 0. The van der Waals surface area contributed by atoms with E-state index in [2.05, 4.69) is 20.9 Å². The van der Waals surface area contributed by atoms with Gasteiger partial charge in [-0.05, 0) is 22.0 Å². The van der Waals surface area contributed by atoms with Crippen molar-refractivity contribution >= 4 is 21.7 Å². The number of hydrogen-bond donors (Lipinski definition) is 1. The number of nitrogens with zero attached hydrogens (tertiary/aromatic N) is 1. The fourth-order valence-corrected chi connectivity index (χ4v) is 0.757. The Kier molecular flexibility index (Phi) is 1.66. The Morgan fingerprint density at radius 2 is 2.33 bits per heavy atom. The van der Waals surface area contributed by atoms with E-state index in [-0.39, 0.29) is 5.82 Å². The molecule has 0 saturated heterocycles. The van der Waals surface area contributed by atoms with Crippen molar-refractivity contribution in [3.63, 3.8) is 0 Å². The first-order chi connectivity index (χ1) is 4.22. The van der Waals surface area contributed by atoms with E-state index >= 15 is 0 Å². The summed E-state index contributed by atoms with van der Waals surface area (Å²) in [6.45, 7) is 0. The Bertz CT molecular complexity index is 206. The molecule has 4 heteroatoms. The molecule has 0 radical (unpaired) electrons. The number of aromatic nitrogens is 1. The first kappa shape index (κ1) is 6.48. The van der Waals surface area contributed by atoms with Gasteiger partial charge in [0.15, 0.2) is 11.6 Å². The molecule has 0 aromatic carbocycles. The minimum absolute atomic E-state index is 0.0793. The van der Waals surface area contributed by atoms with E-state index in [0.717, 1.165) is 0 Å². The molecule has 1 aromatic heterocycles. The van der Waals surface area contributed by atoms with Gasteiger partial charge in [0, 0.05) is 6.20 Å². The normalized spacial score (nSPS) is 9.56. The number of halogens is 2. The lowest BCUT2D eigenvalue weighted by Crippen LogP contribution is -1.93. The Labute approximate surface area is 60.0 Å². The molecule has 2 N–H and O–H groups in total. The van der Waals surface area contributed by atoms with Crippen LogP contribution in [-0.4, -0.2) is 4.98 Å². The summed E-state index contributed by atoms with van der Waals surface area (Å²) >= 11 is 2.95. The Hall–Kier alpha value is -0.640. The Morgan fingerprint density at radius 1 is 1.67 bits per heavy atom. The van der Waals surface area contributed by atoms with Crippen LogP contribution in [-0.2, 0) is 0 Å². The largest absolute Gasteiger partial charge is 0.381 e. The summed E-state index contributed by atoms with van der Waals surface area (Å²) in [4.78, 5) is 3.51. The summed E-state index contributed by atoms with van der Waals surface area (Å²) in [7, 11) is 0. The number of rotatable bonds is 0. The first-order valence-electron chi connectivity index (χ1n) is 2.27. The van der Waals surface area contributed by atoms with Crippen LogP contribution in [0.4, 0.5) is 10.2 Å². The van der Waals surface area contributed by atoms with Crippen LogP contribution >= 0.6 is 15.9 Å². The lowest BCUT2D eigenvalue weighted by molar-refractivity contribution is 0.620. The van der Waals surface area contributed by atoms with Gasteiger partial charge in [-0.3, -0.25) is 0 Å². The molecule has 0 amide bonds. The third-order valence-electron chi connectivity index (χ3n) is 0.869. The van der Waals surface area contributed by atoms with Crippen molar-refractivity contribution in [2.45, 2.75) is 0 Å². The van der Waals surface area contributed by atoms with Crippen LogP contribution in [0.5, 0.6) is 0 Å². The molecular weight excluding hydrogens is 187 g/mol. The highest BCUT2D eigenvalue weighted by molar-refractivity contribution is 9.10. The second-order valence-electron chi connectivity index (χ2n) is 1.49. The molecule has 1 rings (SSSR count). The van der Waals surface area contributed by atoms with Crippen molar-refractivity contribution in [1.29, 1.82) is 0 Å². The molecule has 0 aliphatic rings. The minimum Gasteiger partial charge on any atom is -0.381 e. The van der Waals surface area contributed by atoms with Crippen LogP contribution in [0, 0.1) is 5.82 Å². The molecule has 1 aromatic rings. The van der Waals surface area contributed by atoms with Gasteiger partial charge in [0.2, 0.25) is 0 Å². The predicted molar refractivity (Wildman–Crippen MR) is 36.3 cm³/mol. The molecule has 9 heavy (non-hydrogen) atoms. The number of hydrogen-bond acceptors (Lipinski definition) is 2. The lowest BCUT2D eigenvalue weighted by atomic mass is 10.4. The van der Waals surface area contributed by atoms with Gasteiger partial charge in [-0.2, -0.15) is 0 Å². The quantitative estimate of drug-likeness (QED) is 0.675. The molecule has 0 spiro atoms. The van der Waals surface area contributed by atoms with Gasteiger partial charge in [-0.1, -0.05) is 0 Å². The van der Waals surface area contributed by atoms with Gasteiger partial charge in [0.05, 0.1) is 4.47 Å². The minimum atomic E-state index is -0.502. The van der Waals surface area contributed by atoms with Gasteiger partial charge < -0.3 is 5.73 Å². The van der Waals surface area contributed by atoms with Crippen molar-refractivity contribution in [1.82, 2.24) is 4.98 Å². The summed E-state index contributed by atoms with van der Waals surface area (Å²) in [6, 6.07) is 1.49. The molecule has 0 bridgehead atoms. The lowest BCUT2D eigenvalue weighted by Gasteiger charge is -1.94. The van der Waals surface area contributed by atoms with Crippen LogP contribution < -0.4 is 5.73 Å². The zero-order chi connectivity index (χ0) is 6.85. The monoisotopic (exact) mass is 190 g/mol. The van der Waals surface area contributed by atoms with E-state index in [4.69, 9.17) is 5.73 Å². The van der Waals surface area contributed by atoms with Crippen molar-refractivity contribution < 1.29 is 4.39 Å².